The van der Waals surface area contributed by atoms with Gasteiger partial charge in [0.2, 0.25) is 0 Å². The minimum absolute atomic E-state index is 0.0738. The summed E-state index contributed by atoms with van der Waals surface area (Å²) in [6.45, 7) is 0.567. The summed E-state index contributed by atoms with van der Waals surface area (Å²) in [6, 6.07) is 14.0. The van der Waals surface area contributed by atoms with Crippen LogP contribution in [0, 0.1) is 0 Å². The van der Waals surface area contributed by atoms with Crippen LogP contribution in [0.4, 0.5) is 0 Å². The minimum Gasteiger partial charge on any atom is -0.490 e. The van der Waals surface area contributed by atoms with Crippen LogP contribution in [0.5, 0.6) is 5.75 Å². The molecule has 0 saturated heterocycles. The fourth-order valence-electron chi connectivity index (χ4n) is 2.35. The van der Waals surface area contributed by atoms with Gasteiger partial charge in [0.15, 0.2) is 5.58 Å². The molecule has 0 bridgehead atoms. The summed E-state index contributed by atoms with van der Waals surface area (Å²) >= 11 is 5.78. The van der Waals surface area contributed by atoms with Gasteiger partial charge < -0.3 is 13.9 Å². The van der Waals surface area contributed by atoms with Gasteiger partial charge >= 0.3 is 11.7 Å². The highest BCUT2D eigenvalue weighted by Crippen LogP contribution is 2.15. The zero-order valence-corrected chi connectivity index (χ0v) is 14.1. The lowest BCUT2D eigenvalue weighted by molar-refractivity contribution is -0.144. The van der Waals surface area contributed by atoms with Crippen molar-refractivity contribution in [2.45, 2.75) is 13.0 Å². The number of para-hydroxylation sites is 2. The number of rotatable bonds is 7. The fourth-order valence-corrected chi connectivity index (χ4v) is 2.47. The van der Waals surface area contributed by atoms with Gasteiger partial charge in [0.05, 0.1) is 11.9 Å². The van der Waals surface area contributed by atoms with E-state index in [9.17, 15) is 9.59 Å². The predicted molar refractivity (Wildman–Crippen MR) is 93.0 cm³/mol. The molecular formula is C18H16ClNO5. The Morgan fingerprint density at radius 2 is 1.84 bits per heavy atom. The van der Waals surface area contributed by atoms with Crippen LogP contribution in [0.3, 0.4) is 0 Å². The highest BCUT2D eigenvalue weighted by atomic mass is 35.5. The third-order valence-electron chi connectivity index (χ3n) is 3.54. The molecule has 3 aromatic rings. The van der Waals surface area contributed by atoms with Crippen molar-refractivity contribution in [2.75, 3.05) is 13.2 Å². The molecule has 0 atom stereocenters. The molecule has 0 fully saturated rings. The average Bonchev–Trinajstić information content (AvgIpc) is 2.93. The molecule has 0 saturated carbocycles. The Morgan fingerprint density at radius 3 is 2.64 bits per heavy atom. The van der Waals surface area contributed by atoms with E-state index in [0.29, 0.717) is 21.9 Å². The number of ether oxygens (including phenoxy) is 2. The lowest BCUT2D eigenvalue weighted by atomic mass is 10.3. The molecule has 7 heteroatoms. The largest absolute Gasteiger partial charge is 0.490 e. The van der Waals surface area contributed by atoms with E-state index in [1.54, 1.807) is 48.5 Å². The minimum atomic E-state index is -0.486. The molecule has 3 rings (SSSR count). The molecule has 0 amide bonds. The van der Waals surface area contributed by atoms with Gasteiger partial charge in [-0.05, 0) is 36.4 Å². The Bertz CT molecular complexity index is 913. The van der Waals surface area contributed by atoms with Crippen molar-refractivity contribution in [1.29, 1.82) is 0 Å². The van der Waals surface area contributed by atoms with E-state index in [4.69, 9.17) is 25.5 Å². The quantitative estimate of drug-likeness (QED) is 0.477. The van der Waals surface area contributed by atoms with Gasteiger partial charge in [-0.2, -0.15) is 0 Å². The van der Waals surface area contributed by atoms with Crippen molar-refractivity contribution in [3.05, 3.63) is 64.1 Å². The summed E-state index contributed by atoms with van der Waals surface area (Å²) in [7, 11) is 0. The highest BCUT2D eigenvalue weighted by molar-refractivity contribution is 6.30. The van der Waals surface area contributed by atoms with Gasteiger partial charge in [0.25, 0.3) is 0 Å². The Balaban J connectivity index is 1.44. The normalized spacial score (nSPS) is 10.8. The third kappa shape index (κ3) is 4.42. The number of carbonyl (C=O) groups is 1. The molecule has 0 N–H and O–H groups in total. The summed E-state index contributed by atoms with van der Waals surface area (Å²) in [5.41, 5.74) is 1.16. The summed E-state index contributed by atoms with van der Waals surface area (Å²) in [5, 5.41) is 0.626. The smallest absolute Gasteiger partial charge is 0.419 e. The van der Waals surface area contributed by atoms with Gasteiger partial charge in [0, 0.05) is 11.6 Å². The summed E-state index contributed by atoms with van der Waals surface area (Å²) in [5.74, 6) is -0.242. The van der Waals surface area contributed by atoms with Crippen LogP contribution in [0.25, 0.3) is 11.1 Å². The Kier molecular flexibility index (Phi) is 5.40. The molecule has 1 heterocycles. The molecular weight excluding hydrogens is 346 g/mol. The summed E-state index contributed by atoms with van der Waals surface area (Å²) < 4.78 is 17.1. The predicted octanol–water partition coefficient (Wildman–Crippen LogP) is 3.26. The molecule has 0 aliphatic rings. The average molecular weight is 362 g/mol. The lowest BCUT2D eigenvalue weighted by Gasteiger charge is -2.07. The van der Waals surface area contributed by atoms with E-state index in [-0.39, 0.29) is 26.2 Å². The van der Waals surface area contributed by atoms with E-state index in [0.717, 1.165) is 0 Å². The summed E-state index contributed by atoms with van der Waals surface area (Å²) in [4.78, 5) is 23.6. The Labute approximate surface area is 148 Å². The second-order valence-corrected chi connectivity index (χ2v) is 5.70. The number of aromatic nitrogens is 1. The van der Waals surface area contributed by atoms with Crippen LogP contribution >= 0.6 is 11.6 Å². The Morgan fingerprint density at radius 1 is 1.08 bits per heavy atom. The monoisotopic (exact) mass is 361 g/mol. The number of aryl methyl sites for hydroxylation is 1. The number of oxazole rings is 1. The molecule has 0 spiro atoms. The Hall–Kier alpha value is -2.73. The van der Waals surface area contributed by atoms with Crippen LogP contribution in [0.15, 0.2) is 57.7 Å². The van der Waals surface area contributed by atoms with Crippen molar-refractivity contribution < 1.29 is 18.7 Å². The van der Waals surface area contributed by atoms with Crippen molar-refractivity contribution in [3.63, 3.8) is 0 Å². The van der Waals surface area contributed by atoms with Gasteiger partial charge in [-0.25, -0.2) is 4.79 Å². The van der Waals surface area contributed by atoms with Gasteiger partial charge in [-0.15, -0.1) is 0 Å². The highest BCUT2D eigenvalue weighted by Gasteiger charge is 2.11. The molecule has 0 aliphatic heterocycles. The van der Waals surface area contributed by atoms with Gasteiger partial charge in [0.1, 0.15) is 19.0 Å². The van der Waals surface area contributed by atoms with Crippen LogP contribution in [0.2, 0.25) is 5.02 Å². The number of nitrogens with zero attached hydrogens (tertiary/aromatic N) is 1. The van der Waals surface area contributed by atoms with E-state index in [1.165, 1.54) is 4.57 Å². The van der Waals surface area contributed by atoms with Crippen molar-refractivity contribution >= 4 is 28.7 Å². The standard InChI is InChI=1S/C18H16ClNO5/c19-13-5-7-14(8-6-13)23-11-12-24-17(21)9-10-20-15-3-1-2-4-16(15)25-18(20)22/h1-8H,9-12H2. The summed E-state index contributed by atoms with van der Waals surface area (Å²) in [6.07, 6.45) is 0.0738. The van der Waals surface area contributed by atoms with Crippen molar-refractivity contribution in [3.8, 4) is 5.75 Å². The van der Waals surface area contributed by atoms with E-state index >= 15 is 0 Å². The van der Waals surface area contributed by atoms with Crippen LogP contribution in [0.1, 0.15) is 6.42 Å². The molecule has 0 unspecified atom stereocenters. The first-order chi connectivity index (χ1) is 12.1. The first-order valence-electron chi connectivity index (χ1n) is 7.76. The second kappa shape index (κ2) is 7.90. The third-order valence-corrected chi connectivity index (χ3v) is 3.79. The van der Waals surface area contributed by atoms with E-state index < -0.39 is 11.7 Å². The molecule has 130 valence electrons. The molecule has 2 aromatic carbocycles. The van der Waals surface area contributed by atoms with Crippen molar-refractivity contribution in [1.82, 2.24) is 4.57 Å². The van der Waals surface area contributed by atoms with E-state index in [1.807, 2.05) is 0 Å². The number of esters is 1. The van der Waals surface area contributed by atoms with Crippen LogP contribution in [-0.2, 0) is 16.1 Å². The number of benzene rings is 2. The number of fused-ring (bicyclic) bond motifs is 1. The van der Waals surface area contributed by atoms with E-state index in [2.05, 4.69) is 0 Å². The molecule has 25 heavy (non-hydrogen) atoms. The molecule has 0 radical (unpaired) electrons. The second-order valence-electron chi connectivity index (χ2n) is 5.26. The number of hydrogen-bond acceptors (Lipinski definition) is 5. The van der Waals surface area contributed by atoms with Gasteiger partial charge in [-0.3, -0.25) is 9.36 Å². The van der Waals surface area contributed by atoms with Crippen molar-refractivity contribution in [2.24, 2.45) is 0 Å². The zero-order chi connectivity index (χ0) is 17.6. The first kappa shape index (κ1) is 17.1. The number of carbonyl (C=O) groups excluding carboxylic acids is 1. The lowest BCUT2D eigenvalue weighted by Crippen LogP contribution is -2.18. The topological polar surface area (TPSA) is 70.7 Å². The van der Waals surface area contributed by atoms with Crippen LogP contribution in [-0.4, -0.2) is 23.8 Å². The van der Waals surface area contributed by atoms with Gasteiger partial charge in [-0.1, -0.05) is 23.7 Å². The number of hydrogen-bond donors (Lipinski definition) is 0. The molecule has 6 nitrogen and oxygen atoms in total. The maximum absolute atomic E-state index is 11.8. The maximum Gasteiger partial charge on any atom is 0.419 e. The maximum atomic E-state index is 11.8. The van der Waals surface area contributed by atoms with Crippen LogP contribution < -0.4 is 10.5 Å². The first-order valence-corrected chi connectivity index (χ1v) is 8.13. The zero-order valence-electron chi connectivity index (χ0n) is 13.3. The molecule has 0 aliphatic carbocycles. The SMILES string of the molecule is O=C(CCn1c(=O)oc2ccccc21)OCCOc1ccc(Cl)cc1. The number of halogens is 1. The molecule has 1 aromatic heterocycles. The fraction of sp³-hybridized carbons (Fsp3) is 0.222.